The smallest absolute Gasteiger partial charge is 0.0547 e. The topological polar surface area (TPSA) is 12.5 Å². The normalized spacial score (nSPS) is 30.3. The quantitative estimate of drug-likeness (QED) is 0.556. The standard InChI is InChI=1S/C8H15NOS/c1-11-9-5-8(6-9)3-2-4-10-7-8/h2-7H2,1H3. The highest BCUT2D eigenvalue weighted by molar-refractivity contribution is 7.96. The van der Waals surface area contributed by atoms with Gasteiger partial charge >= 0.3 is 0 Å². The van der Waals surface area contributed by atoms with Gasteiger partial charge in [-0.1, -0.05) is 11.9 Å². The van der Waals surface area contributed by atoms with Crippen molar-refractivity contribution in [2.24, 2.45) is 5.41 Å². The molecule has 2 rings (SSSR count). The van der Waals surface area contributed by atoms with Crippen LogP contribution in [-0.4, -0.2) is 36.9 Å². The van der Waals surface area contributed by atoms with Crippen LogP contribution < -0.4 is 0 Å². The minimum atomic E-state index is 0.557. The van der Waals surface area contributed by atoms with Gasteiger partial charge in [0.1, 0.15) is 0 Å². The number of rotatable bonds is 1. The second-order valence-electron chi connectivity index (χ2n) is 3.64. The van der Waals surface area contributed by atoms with Gasteiger partial charge in [0, 0.05) is 25.1 Å². The van der Waals surface area contributed by atoms with Crippen molar-refractivity contribution in [1.82, 2.24) is 4.31 Å². The fourth-order valence-corrected chi connectivity index (χ4v) is 2.80. The fraction of sp³-hybridized carbons (Fsp3) is 1.00. The average molecular weight is 173 g/mol. The first-order valence-electron chi connectivity index (χ1n) is 4.21. The minimum Gasteiger partial charge on any atom is -0.381 e. The van der Waals surface area contributed by atoms with E-state index in [-0.39, 0.29) is 0 Å². The van der Waals surface area contributed by atoms with Crippen molar-refractivity contribution in [3.63, 3.8) is 0 Å². The van der Waals surface area contributed by atoms with E-state index in [2.05, 4.69) is 10.6 Å². The molecule has 1 spiro atoms. The van der Waals surface area contributed by atoms with Crippen LogP contribution in [0.1, 0.15) is 12.8 Å². The van der Waals surface area contributed by atoms with Crippen molar-refractivity contribution in [2.75, 3.05) is 32.6 Å². The van der Waals surface area contributed by atoms with E-state index in [1.165, 1.54) is 25.9 Å². The highest BCUT2D eigenvalue weighted by atomic mass is 32.2. The Morgan fingerprint density at radius 1 is 1.45 bits per heavy atom. The summed E-state index contributed by atoms with van der Waals surface area (Å²) >= 11 is 1.86. The van der Waals surface area contributed by atoms with Gasteiger partial charge in [-0.05, 0) is 19.1 Å². The summed E-state index contributed by atoms with van der Waals surface area (Å²) in [4.78, 5) is 0. The van der Waals surface area contributed by atoms with E-state index in [1.807, 2.05) is 11.9 Å². The largest absolute Gasteiger partial charge is 0.381 e. The van der Waals surface area contributed by atoms with E-state index in [1.54, 1.807) is 0 Å². The number of hydrogen-bond donors (Lipinski definition) is 0. The maximum absolute atomic E-state index is 5.48. The summed E-state index contributed by atoms with van der Waals surface area (Å²) in [5.41, 5.74) is 0.557. The van der Waals surface area contributed by atoms with E-state index in [0.717, 1.165) is 13.2 Å². The molecule has 0 unspecified atom stereocenters. The van der Waals surface area contributed by atoms with Crippen LogP contribution in [0.3, 0.4) is 0 Å². The Labute approximate surface area is 72.4 Å². The summed E-state index contributed by atoms with van der Waals surface area (Å²) in [6.45, 7) is 4.48. The van der Waals surface area contributed by atoms with E-state index in [9.17, 15) is 0 Å². The van der Waals surface area contributed by atoms with Crippen LogP contribution in [0.15, 0.2) is 0 Å². The molecule has 0 atom stereocenters. The first kappa shape index (κ1) is 7.90. The van der Waals surface area contributed by atoms with E-state index < -0.39 is 0 Å². The first-order chi connectivity index (χ1) is 5.35. The summed E-state index contributed by atoms with van der Waals surface area (Å²) in [7, 11) is 0. The maximum Gasteiger partial charge on any atom is 0.0547 e. The lowest BCUT2D eigenvalue weighted by Gasteiger charge is -2.50. The SMILES string of the molecule is CSN1CC2(CCCOC2)C1. The molecule has 11 heavy (non-hydrogen) atoms. The summed E-state index contributed by atoms with van der Waals surface area (Å²) in [5.74, 6) is 0. The molecule has 3 heteroatoms. The van der Waals surface area contributed by atoms with Gasteiger partial charge in [-0.2, -0.15) is 0 Å². The van der Waals surface area contributed by atoms with Crippen molar-refractivity contribution < 1.29 is 4.74 Å². The molecule has 2 fully saturated rings. The van der Waals surface area contributed by atoms with Crippen LogP contribution in [0, 0.1) is 5.41 Å². The lowest BCUT2D eigenvalue weighted by Crippen LogP contribution is -2.56. The molecule has 0 aliphatic carbocycles. The summed E-state index contributed by atoms with van der Waals surface area (Å²) in [5, 5.41) is 0. The highest BCUT2D eigenvalue weighted by Gasteiger charge is 2.43. The van der Waals surface area contributed by atoms with Crippen molar-refractivity contribution >= 4 is 11.9 Å². The third-order valence-electron chi connectivity index (χ3n) is 2.69. The molecule has 0 aromatic rings. The van der Waals surface area contributed by atoms with Crippen molar-refractivity contribution in [2.45, 2.75) is 12.8 Å². The van der Waals surface area contributed by atoms with Gasteiger partial charge < -0.3 is 4.74 Å². The summed E-state index contributed by atoms with van der Waals surface area (Å²) in [6.07, 6.45) is 4.79. The van der Waals surface area contributed by atoms with E-state index >= 15 is 0 Å². The maximum atomic E-state index is 5.48. The molecule has 0 N–H and O–H groups in total. The zero-order valence-electron chi connectivity index (χ0n) is 7.01. The van der Waals surface area contributed by atoms with Crippen molar-refractivity contribution in [3.8, 4) is 0 Å². The van der Waals surface area contributed by atoms with Crippen molar-refractivity contribution in [1.29, 1.82) is 0 Å². The molecule has 2 saturated heterocycles. The van der Waals surface area contributed by atoms with Gasteiger partial charge in [0.15, 0.2) is 0 Å². The third kappa shape index (κ3) is 1.42. The second kappa shape index (κ2) is 2.96. The monoisotopic (exact) mass is 173 g/mol. The Morgan fingerprint density at radius 3 is 2.82 bits per heavy atom. The molecule has 0 radical (unpaired) electrons. The predicted molar refractivity (Wildman–Crippen MR) is 47.6 cm³/mol. The average Bonchev–Trinajstić information content (AvgIpc) is 2.01. The molecule has 2 nitrogen and oxygen atoms in total. The molecule has 2 aliphatic rings. The second-order valence-corrected chi connectivity index (χ2v) is 4.52. The molecule has 64 valence electrons. The molecule has 0 aromatic heterocycles. The van der Waals surface area contributed by atoms with Gasteiger partial charge in [-0.3, -0.25) is 0 Å². The molecular formula is C8H15NOS. The lowest BCUT2D eigenvalue weighted by molar-refractivity contribution is -0.0669. The number of ether oxygens (including phenoxy) is 1. The Kier molecular flexibility index (Phi) is 2.12. The Morgan fingerprint density at radius 2 is 2.27 bits per heavy atom. The molecular weight excluding hydrogens is 158 g/mol. The molecule has 0 bridgehead atoms. The zero-order valence-corrected chi connectivity index (χ0v) is 7.82. The number of hydrogen-bond acceptors (Lipinski definition) is 3. The Bertz CT molecular complexity index is 137. The Hall–Kier alpha value is 0.270. The van der Waals surface area contributed by atoms with E-state index in [4.69, 9.17) is 4.74 Å². The van der Waals surface area contributed by atoms with Crippen LogP contribution in [0.2, 0.25) is 0 Å². The van der Waals surface area contributed by atoms with Gasteiger partial charge in [0.2, 0.25) is 0 Å². The van der Waals surface area contributed by atoms with E-state index in [0.29, 0.717) is 5.41 Å². The van der Waals surface area contributed by atoms with Crippen LogP contribution >= 0.6 is 11.9 Å². The zero-order chi connectivity index (χ0) is 7.73. The molecule has 0 amide bonds. The lowest BCUT2D eigenvalue weighted by atomic mass is 9.77. The summed E-state index contributed by atoms with van der Waals surface area (Å²) in [6, 6.07) is 0. The molecule has 0 saturated carbocycles. The van der Waals surface area contributed by atoms with Gasteiger partial charge in [-0.25, -0.2) is 4.31 Å². The fourth-order valence-electron chi connectivity index (χ4n) is 1.99. The van der Waals surface area contributed by atoms with Gasteiger partial charge in [0.05, 0.1) is 6.61 Å². The van der Waals surface area contributed by atoms with Crippen LogP contribution in [-0.2, 0) is 4.74 Å². The highest BCUT2D eigenvalue weighted by Crippen LogP contribution is 2.40. The van der Waals surface area contributed by atoms with Crippen molar-refractivity contribution in [3.05, 3.63) is 0 Å². The predicted octanol–water partition coefficient (Wildman–Crippen LogP) is 1.38. The Balaban J connectivity index is 1.84. The van der Waals surface area contributed by atoms with Gasteiger partial charge in [0.25, 0.3) is 0 Å². The van der Waals surface area contributed by atoms with Crippen LogP contribution in [0.4, 0.5) is 0 Å². The molecule has 2 heterocycles. The van der Waals surface area contributed by atoms with Crippen LogP contribution in [0.5, 0.6) is 0 Å². The molecule has 2 aliphatic heterocycles. The minimum absolute atomic E-state index is 0.557. The summed E-state index contributed by atoms with van der Waals surface area (Å²) < 4.78 is 7.90. The number of nitrogens with zero attached hydrogens (tertiary/aromatic N) is 1. The van der Waals surface area contributed by atoms with Gasteiger partial charge in [-0.15, -0.1) is 0 Å². The third-order valence-corrected chi connectivity index (χ3v) is 3.46. The molecule has 0 aromatic carbocycles. The van der Waals surface area contributed by atoms with Crippen LogP contribution in [0.25, 0.3) is 0 Å². The first-order valence-corrected chi connectivity index (χ1v) is 5.40.